The van der Waals surface area contributed by atoms with E-state index in [1.54, 1.807) is 25.3 Å². The van der Waals surface area contributed by atoms with Crippen LogP contribution >= 0.6 is 15.9 Å². The molecule has 8 heteroatoms. The first-order valence-corrected chi connectivity index (χ1v) is 6.00. The van der Waals surface area contributed by atoms with Gasteiger partial charge in [0.05, 0.1) is 6.20 Å². The summed E-state index contributed by atoms with van der Waals surface area (Å²) in [7, 11) is 0. The minimum absolute atomic E-state index is 0.0986. The largest absolute Gasteiger partial charge is 0.423 e. The number of nitrogens with zero attached hydrogens (tertiary/aromatic N) is 4. The van der Waals surface area contributed by atoms with E-state index in [0.29, 0.717) is 11.4 Å². The Morgan fingerprint density at radius 2 is 2.16 bits per heavy atom. The van der Waals surface area contributed by atoms with Gasteiger partial charge < -0.3 is 15.7 Å². The van der Waals surface area contributed by atoms with Gasteiger partial charge in [0.25, 0.3) is 0 Å². The van der Waals surface area contributed by atoms with Crippen molar-refractivity contribution in [2.75, 3.05) is 0 Å². The zero-order valence-electron chi connectivity index (χ0n) is 9.91. The van der Waals surface area contributed by atoms with Gasteiger partial charge >= 0.3 is 6.01 Å². The van der Waals surface area contributed by atoms with E-state index in [1.165, 1.54) is 6.20 Å². The number of rotatable bonds is 3. The normalized spacial score (nSPS) is 11.4. The smallest absolute Gasteiger partial charge is 0.322 e. The molecule has 98 valence electrons. The second-order valence-corrected chi connectivity index (χ2v) is 4.52. The molecule has 2 aromatic heterocycles. The van der Waals surface area contributed by atoms with Crippen molar-refractivity contribution in [1.29, 1.82) is 0 Å². The maximum atomic E-state index is 8.64. The summed E-state index contributed by atoms with van der Waals surface area (Å²) < 4.78 is 6.24. The molecule has 0 aliphatic carbocycles. The molecule has 0 saturated carbocycles. The summed E-state index contributed by atoms with van der Waals surface area (Å²) >= 11 is 3.28. The van der Waals surface area contributed by atoms with Crippen molar-refractivity contribution in [2.24, 2.45) is 10.9 Å². The molecule has 19 heavy (non-hydrogen) atoms. The number of hydrogen-bond donors (Lipinski definition) is 2. The van der Waals surface area contributed by atoms with Crippen molar-refractivity contribution in [2.45, 2.75) is 6.92 Å². The van der Waals surface area contributed by atoms with Gasteiger partial charge in [0.1, 0.15) is 5.69 Å². The average molecular weight is 324 g/mol. The van der Waals surface area contributed by atoms with E-state index in [4.69, 9.17) is 15.7 Å². The van der Waals surface area contributed by atoms with Crippen LogP contribution in [0, 0.1) is 6.92 Å². The van der Waals surface area contributed by atoms with Crippen LogP contribution in [0.5, 0.6) is 11.8 Å². The quantitative estimate of drug-likeness (QED) is 0.386. The lowest BCUT2D eigenvalue weighted by molar-refractivity contribution is 0.318. The monoisotopic (exact) mass is 323 g/mol. The lowest BCUT2D eigenvalue weighted by atomic mass is 10.3. The van der Waals surface area contributed by atoms with Crippen molar-refractivity contribution in [3.63, 3.8) is 0 Å². The molecule has 0 radical (unpaired) electrons. The molecule has 2 rings (SSSR count). The standard InChI is InChI=1S/C11H10BrN5O2/c1-6-2-9(10(13)17-18)16-11(15-6)19-8-3-7(12)4-14-5-8/h2-5,18H,1H3,(H2,13,17). The molecule has 0 unspecified atom stereocenters. The Kier molecular flexibility index (Phi) is 3.91. The molecule has 2 heterocycles. The summed E-state index contributed by atoms with van der Waals surface area (Å²) in [5, 5.41) is 11.5. The summed E-state index contributed by atoms with van der Waals surface area (Å²) in [6, 6.07) is 3.41. The summed E-state index contributed by atoms with van der Waals surface area (Å²) in [4.78, 5) is 12.1. The van der Waals surface area contributed by atoms with E-state index in [2.05, 4.69) is 36.0 Å². The second-order valence-electron chi connectivity index (χ2n) is 3.60. The molecule has 3 N–H and O–H groups in total. The summed E-state index contributed by atoms with van der Waals surface area (Å²) in [6.07, 6.45) is 3.16. The highest BCUT2D eigenvalue weighted by molar-refractivity contribution is 9.10. The summed E-state index contributed by atoms with van der Waals surface area (Å²) in [5.41, 5.74) is 6.40. The highest BCUT2D eigenvalue weighted by Crippen LogP contribution is 2.20. The van der Waals surface area contributed by atoms with E-state index in [9.17, 15) is 0 Å². The Bertz CT molecular complexity index is 632. The van der Waals surface area contributed by atoms with Crippen LogP contribution in [0.1, 0.15) is 11.4 Å². The highest BCUT2D eigenvalue weighted by atomic mass is 79.9. The van der Waals surface area contributed by atoms with Crippen LogP contribution in [0.15, 0.2) is 34.2 Å². The zero-order chi connectivity index (χ0) is 13.8. The third-order valence-electron chi connectivity index (χ3n) is 2.09. The molecular weight excluding hydrogens is 314 g/mol. The minimum atomic E-state index is -0.109. The minimum Gasteiger partial charge on any atom is -0.423 e. The lowest BCUT2D eigenvalue weighted by Gasteiger charge is -2.06. The topological polar surface area (TPSA) is 107 Å². The molecule has 0 spiro atoms. The van der Waals surface area contributed by atoms with Gasteiger partial charge in [-0.2, -0.15) is 4.98 Å². The van der Waals surface area contributed by atoms with Crippen molar-refractivity contribution < 1.29 is 9.94 Å². The Morgan fingerprint density at radius 1 is 1.37 bits per heavy atom. The fourth-order valence-electron chi connectivity index (χ4n) is 1.32. The number of amidine groups is 1. The molecule has 0 bridgehead atoms. The first kappa shape index (κ1) is 13.2. The molecule has 7 nitrogen and oxygen atoms in total. The van der Waals surface area contributed by atoms with Gasteiger partial charge in [-0.05, 0) is 35.0 Å². The fourth-order valence-corrected chi connectivity index (χ4v) is 1.67. The molecular formula is C11H10BrN5O2. The molecule has 0 amide bonds. The van der Waals surface area contributed by atoms with Gasteiger partial charge in [0.15, 0.2) is 11.6 Å². The maximum absolute atomic E-state index is 8.64. The molecule has 0 aliphatic rings. The van der Waals surface area contributed by atoms with Crippen molar-refractivity contribution in [3.05, 3.63) is 40.4 Å². The first-order chi connectivity index (χ1) is 9.08. The van der Waals surface area contributed by atoms with Crippen LogP contribution in [0.3, 0.4) is 0 Å². The van der Waals surface area contributed by atoms with E-state index in [0.717, 1.165) is 4.47 Å². The Balaban J connectivity index is 2.33. The number of ether oxygens (including phenoxy) is 1. The van der Waals surface area contributed by atoms with Crippen molar-refractivity contribution in [3.8, 4) is 11.8 Å². The molecule has 0 saturated heterocycles. The van der Waals surface area contributed by atoms with Gasteiger partial charge in [0, 0.05) is 16.4 Å². The SMILES string of the molecule is Cc1cc(/C(N)=N/O)nc(Oc2cncc(Br)c2)n1. The maximum Gasteiger partial charge on any atom is 0.322 e. The van der Waals surface area contributed by atoms with E-state index in [1.807, 2.05) is 0 Å². The number of pyridine rings is 1. The van der Waals surface area contributed by atoms with Crippen molar-refractivity contribution >= 4 is 21.8 Å². The molecule has 2 aromatic rings. The zero-order valence-corrected chi connectivity index (χ0v) is 11.5. The van der Waals surface area contributed by atoms with Gasteiger partial charge in [-0.15, -0.1) is 0 Å². The highest BCUT2D eigenvalue weighted by Gasteiger charge is 2.08. The number of aromatic nitrogens is 3. The van der Waals surface area contributed by atoms with E-state index >= 15 is 0 Å². The number of halogens is 1. The fraction of sp³-hybridized carbons (Fsp3) is 0.0909. The van der Waals surface area contributed by atoms with Crippen LogP contribution < -0.4 is 10.5 Å². The summed E-state index contributed by atoms with van der Waals surface area (Å²) in [5.74, 6) is 0.369. The second kappa shape index (κ2) is 5.61. The Labute approximate surface area is 117 Å². The third kappa shape index (κ3) is 3.38. The Hall–Kier alpha value is -2.22. The molecule has 0 aromatic carbocycles. The van der Waals surface area contributed by atoms with Crippen LogP contribution in [-0.2, 0) is 0 Å². The number of aryl methyl sites for hydroxylation is 1. The predicted molar refractivity (Wildman–Crippen MR) is 71.3 cm³/mol. The average Bonchev–Trinajstić information content (AvgIpc) is 2.37. The predicted octanol–water partition coefficient (Wildman–Crippen LogP) is 1.83. The van der Waals surface area contributed by atoms with Gasteiger partial charge in [-0.25, -0.2) is 4.98 Å². The molecule has 0 fully saturated rings. The number of nitrogens with two attached hydrogens (primary N) is 1. The van der Waals surface area contributed by atoms with Crippen molar-refractivity contribution in [1.82, 2.24) is 15.0 Å². The Morgan fingerprint density at radius 3 is 2.84 bits per heavy atom. The van der Waals surface area contributed by atoms with E-state index in [-0.39, 0.29) is 17.5 Å². The van der Waals surface area contributed by atoms with Crippen LogP contribution in [0.2, 0.25) is 0 Å². The lowest BCUT2D eigenvalue weighted by Crippen LogP contribution is -2.16. The van der Waals surface area contributed by atoms with Crippen LogP contribution in [-0.4, -0.2) is 26.0 Å². The number of oxime groups is 1. The summed E-state index contributed by atoms with van der Waals surface area (Å²) in [6.45, 7) is 1.75. The third-order valence-corrected chi connectivity index (χ3v) is 2.53. The number of hydrogen-bond acceptors (Lipinski definition) is 6. The molecule has 0 aliphatic heterocycles. The van der Waals surface area contributed by atoms with Gasteiger partial charge in [0.2, 0.25) is 0 Å². The first-order valence-electron chi connectivity index (χ1n) is 5.20. The van der Waals surface area contributed by atoms with E-state index < -0.39 is 0 Å². The van der Waals surface area contributed by atoms with Gasteiger partial charge in [-0.3, -0.25) is 4.98 Å². The van der Waals surface area contributed by atoms with Crippen LogP contribution in [0.4, 0.5) is 0 Å². The van der Waals surface area contributed by atoms with Gasteiger partial charge in [-0.1, -0.05) is 5.16 Å². The molecule has 0 atom stereocenters. The van der Waals surface area contributed by atoms with Crippen LogP contribution in [0.25, 0.3) is 0 Å².